The van der Waals surface area contributed by atoms with E-state index >= 15 is 0 Å². The van der Waals surface area contributed by atoms with E-state index in [2.05, 4.69) is 0 Å². The molecule has 0 aliphatic rings. The molecule has 96 valence electrons. The van der Waals surface area contributed by atoms with Gasteiger partial charge in [0.25, 0.3) is 0 Å². The highest BCUT2D eigenvalue weighted by Crippen LogP contribution is 2.25. The topological polar surface area (TPSA) is 44.5 Å². The van der Waals surface area contributed by atoms with Crippen LogP contribution in [0.25, 0.3) is 0 Å². The summed E-state index contributed by atoms with van der Waals surface area (Å²) >= 11 is 0. The second-order valence-electron chi connectivity index (χ2n) is 3.88. The summed E-state index contributed by atoms with van der Waals surface area (Å²) in [6, 6.07) is 5.57. The molecule has 0 amide bonds. The van der Waals surface area contributed by atoms with Gasteiger partial charge in [-0.2, -0.15) is 0 Å². The van der Waals surface area contributed by atoms with E-state index in [-0.39, 0.29) is 12.6 Å². The average molecular weight is 241 g/mol. The van der Waals surface area contributed by atoms with Crippen molar-refractivity contribution in [2.24, 2.45) is 5.73 Å². The first-order valence-corrected chi connectivity index (χ1v) is 5.82. The average Bonchev–Trinajstić information content (AvgIpc) is 2.36. The molecule has 0 heterocycles. The van der Waals surface area contributed by atoms with E-state index in [1.807, 2.05) is 13.0 Å². The minimum absolute atomic E-state index is 0.0701. The Morgan fingerprint density at radius 3 is 2.76 bits per heavy atom. The Bertz CT molecular complexity index is 344. The number of rotatable bonds is 7. The summed E-state index contributed by atoms with van der Waals surface area (Å²) in [5.41, 5.74) is 6.89. The van der Waals surface area contributed by atoms with Crippen molar-refractivity contribution in [3.63, 3.8) is 0 Å². The fourth-order valence-corrected chi connectivity index (χ4v) is 1.56. The van der Waals surface area contributed by atoms with Crippen LogP contribution in [0.2, 0.25) is 0 Å². The smallest absolute Gasteiger partial charge is 0.123 e. The van der Waals surface area contributed by atoms with Gasteiger partial charge in [0.15, 0.2) is 0 Å². The second-order valence-corrected chi connectivity index (χ2v) is 3.88. The van der Waals surface area contributed by atoms with Crippen LogP contribution < -0.4 is 15.2 Å². The predicted molar refractivity (Wildman–Crippen MR) is 66.4 cm³/mol. The molecule has 1 atom stereocenters. The van der Waals surface area contributed by atoms with Gasteiger partial charge in [-0.05, 0) is 36.6 Å². The third kappa shape index (κ3) is 4.23. The molecule has 1 rings (SSSR count). The van der Waals surface area contributed by atoms with Crippen molar-refractivity contribution in [2.45, 2.75) is 25.8 Å². The SMILES string of the molecule is CCC(N)Cc1cc(OC)ccc1OCCF. The van der Waals surface area contributed by atoms with Crippen LogP contribution in [0.4, 0.5) is 4.39 Å². The molecule has 1 aromatic carbocycles. The summed E-state index contributed by atoms with van der Waals surface area (Å²) in [6.45, 7) is 1.61. The number of hydrogen-bond acceptors (Lipinski definition) is 3. The van der Waals surface area contributed by atoms with Gasteiger partial charge in [-0.3, -0.25) is 0 Å². The molecule has 0 fully saturated rings. The molecule has 0 aromatic heterocycles. The highest BCUT2D eigenvalue weighted by atomic mass is 19.1. The first-order chi connectivity index (χ1) is 8.21. The monoisotopic (exact) mass is 241 g/mol. The highest BCUT2D eigenvalue weighted by molar-refractivity contribution is 5.40. The maximum atomic E-state index is 12.1. The van der Waals surface area contributed by atoms with Gasteiger partial charge in [0.2, 0.25) is 0 Å². The van der Waals surface area contributed by atoms with Crippen molar-refractivity contribution in [3.8, 4) is 11.5 Å². The number of benzene rings is 1. The zero-order valence-electron chi connectivity index (χ0n) is 10.4. The number of nitrogens with two attached hydrogens (primary N) is 1. The highest BCUT2D eigenvalue weighted by Gasteiger charge is 2.09. The van der Waals surface area contributed by atoms with E-state index in [4.69, 9.17) is 15.2 Å². The van der Waals surface area contributed by atoms with E-state index in [9.17, 15) is 4.39 Å². The molecule has 1 aromatic rings. The summed E-state index contributed by atoms with van der Waals surface area (Å²) in [5.74, 6) is 1.45. The predicted octanol–water partition coefficient (Wildman–Crippen LogP) is 2.32. The Labute approximate surface area is 102 Å². The quantitative estimate of drug-likeness (QED) is 0.796. The standard InChI is InChI=1S/C13H20FNO2/c1-3-11(15)8-10-9-12(16-2)4-5-13(10)17-7-6-14/h4-5,9,11H,3,6-8,15H2,1-2H3. The largest absolute Gasteiger partial charge is 0.497 e. The van der Waals surface area contributed by atoms with Crippen LogP contribution in [-0.4, -0.2) is 26.4 Å². The maximum Gasteiger partial charge on any atom is 0.123 e. The number of halogens is 1. The molecule has 3 nitrogen and oxygen atoms in total. The molecular weight excluding hydrogens is 221 g/mol. The number of methoxy groups -OCH3 is 1. The van der Waals surface area contributed by atoms with Gasteiger partial charge in [-0.25, -0.2) is 4.39 Å². The molecular formula is C13H20FNO2. The Balaban J connectivity index is 2.86. The summed E-state index contributed by atoms with van der Waals surface area (Å²) in [7, 11) is 1.61. The molecule has 0 saturated heterocycles. The van der Waals surface area contributed by atoms with Crippen LogP contribution in [0.15, 0.2) is 18.2 Å². The van der Waals surface area contributed by atoms with Crippen molar-refractivity contribution in [1.29, 1.82) is 0 Å². The molecule has 1 unspecified atom stereocenters. The third-order valence-corrected chi connectivity index (χ3v) is 2.61. The van der Waals surface area contributed by atoms with Crippen LogP contribution in [0.5, 0.6) is 11.5 Å². The molecule has 2 N–H and O–H groups in total. The number of alkyl halides is 1. The van der Waals surface area contributed by atoms with E-state index < -0.39 is 6.67 Å². The fraction of sp³-hybridized carbons (Fsp3) is 0.538. The Morgan fingerprint density at radius 2 is 2.18 bits per heavy atom. The lowest BCUT2D eigenvalue weighted by atomic mass is 10.0. The Morgan fingerprint density at radius 1 is 1.41 bits per heavy atom. The minimum atomic E-state index is -0.495. The van der Waals surface area contributed by atoms with Gasteiger partial charge in [-0.15, -0.1) is 0 Å². The molecule has 4 heteroatoms. The van der Waals surface area contributed by atoms with Crippen molar-refractivity contribution >= 4 is 0 Å². The molecule has 0 radical (unpaired) electrons. The molecule has 0 spiro atoms. The van der Waals surface area contributed by atoms with Crippen LogP contribution in [0.3, 0.4) is 0 Å². The molecule has 0 saturated carbocycles. The van der Waals surface area contributed by atoms with Crippen molar-refractivity contribution in [1.82, 2.24) is 0 Å². The zero-order valence-corrected chi connectivity index (χ0v) is 10.4. The van der Waals surface area contributed by atoms with Gasteiger partial charge in [-0.1, -0.05) is 6.92 Å². The van der Waals surface area contributed by atoms with E-state index in [1.54, 1.807) is 19.2 Å². The minimum Gasteiger partial charge on any atom is -0.497 e. The van der Waals surface area contributed by atoms with E-state index in [1.165, 1.54) is 0 Å². The molecule has 0 bridgehead atoms. The van der Waals surface area contributed by atoms with Crippen LogP contribution in [0, 0.1) is 0 Å². The first-order valence-electron chi connectivity index (χ1n) is 5.82. The first kappa shape index (κ1) is 13.8. The second kappa shape index (κ2) is 7.12. The lowest BCUT2D eigenvalue weighted by Gasteiger charge is -2.15. The van der Waals surface area contributed by atoms with Gasteiger partial charge in [0, 0.05) is 6.04 Å². The van der Waals surface area contributed by atoms with Gasteiger partial charge >= 0.3 is 0 Å². The van der Waals surface area contributed by atoms with E-state index in [0.29, 0.717) is 12.2 Å². The van der Waals surface area contributed by atoms with Crippen LogP contribution >= 0.6 is 0 Å². The number of hydrogen-bond donors (Lipinski definition) is 1. The lowest BCUT2D eigenvalue weighted by Crippen LogP contribution is -2.21. The van der Waals surface area contributed by atoms with Gasteiger partial charge < -0.3 is 15.2 Å². The summed E-state index contributed by atoms with van der Waals surface area (Å²) < 4.78 is 22.6. The fourth-order valence-electron chi connectivity index (χ4n) is 1.56. The summed E-state index contributed by atoms with van der Waals surface area (Å²) in [5, 5.41) is 0. The Kier molecular flexibility index (Phi) is 5.77. The van der Waals surface area contributed by atoms with Crippen molar-refractivity contribution < 1.29 is 13.9 Å². The van der Waals surface area contributed by atoms with E-state index in [0.717, 1.165) is 17.7 Å². The van der Waals surface area contributed by atoms with Gasteiger partial charge in [0.1, 0.15) is 24.8 Å². The molecule has 0 aliphatic carbocycles. The van der Waals surface area contributed by atoms with Gasteiger partial charge in [0.05, 0.1) is 7.11 Å². The van der Waals surface area contributed by atoms with Crippen molar-refractivity contribution in [2.75, 3.05) is 20.4 Å². The third-order valence-electron chi connectivity index (χ3n) is 2.61. The van der Waals surface area contributed by atoms with Crippen LogP contribution in [0.1, 0.15) is 18.9 Å². The Hall–Kier alpha value is -1.29. The molecule has 0 aliphatic heterocycles. The summed E-state index contributed by atoms with van der Waals surface area (Å²) in [4.78, 5) is 0. The molecule has 17 heavy (non-hydrogen) atoms. The normalized spacial score (nSPS) is 12.2. The van der Waals surface area contributed by atoms with Crippen LogP contribution in [-0.2, 0) is 6.42 Å². The maximum absolute atomic E-state index is 12.1. The zero-order chi connectivity index (χ0) is 12.7. The summed E-state index contributed by atoms with van der Waals surface area (Å²) in [6.07, 6.45) is 1.59. The van der Waals surface area contributed by atoms with Crippen molar-refractivity contribution in [3.05, 3.63) is 23.8 Å². The lowest BCUT2D eigenvalue weighted by molar-refractivity contribution is 0.270. The number of ether oxygens (including phenoxy) is 2.